The van der Waals surface area contributed by atoms with E-state index in [0.29, 0.717) is 0 Å². The fraction of sp³-hybridized carbons (Fsp3) is 0.263. The molecule has 5 nitrogen and oxygen atoms in total. The first kappa shape index (κ1) is 14.8. The molecule has 0 fully saturated rings. The number of aryl methyl sites for hydroxylation is 2. The van der Waals surface area contributed by atoms with Crippen molar-refractivity contribution in [3.05, 3.63) is 66.2 Å². The van der Waals surface area contributed by atoms with Crippen LogP contribution in [-0.2, 0) is 19.4 Å². The van der Waals surface area contributed by atoms with Crippen LogP contribution < -0.4 is 10.2 Å². The minimum Gasteiger partial charge on any atom is -0.383 e. The van der Waals surface area contributed by atoms with Gasteiger partial charge < -0.3 is 10.2 Å². The summed E-state index contributed by atoms with van der Waals surface area (Å²) in [5.41, 5.74) is 6.54. The zero-order valence-electron chi connectivity index (χ0n) is 13.8. The van der Waals surface area contributed by atoms with Crippen LogP contribution in [0, 0.1) is 0 Å². The van der Waals surface area contributed by atoms with Crippen molar-refractivity contribution < 1.29 is 0 Å². The maximum Gasteiger partial charge on any atom is 0.137 e. The summed E-state index contributed by atoms with van der Waals surface area (Å²) in [6.45, 7) is 1.62. The molecule has 2 heterocycles. The fourth-order valence-corrected chi connectivity index (χ4v) is 3.31. The Hall–Kier alpha value is -2.82. The van der Waals surface area contributed by atoms with Crippen molar-refractivity contribution in [2.24, 2.45) is 0 Å². The van der Waals surface area contributed by atoms with Gasteiger partial charge in [-0.25, -0.2) is 4.98 Å². The predicted octanol–water partition coefficient (Wildman–Crippen LogP) is 3.26. The molecule has 0 atom stereocenters. The highest BCUT2D eigenvalue weighted by molar-refractivity contribution is 5.73. The molecule has 0 saturated heterocycles. The number of hydrogen-bond acceptors (Lipinski definition) is 4. The summed E-state index contributed by atoms with van der Waals surface area (Å²) in [5, 5.41) is 7.61. The third-order valence-corrected chi connectivity index (χ3v) is 4.60. The van der Waals surface area contributed by atoms with Crippen molar-refractivity contribution in [3.63, 3.8) is 0 Å². The molecule has 0 amide bonds. The van der Waals surface area contributed by atoms with Gasteiger partial charge in [-0.15, -0.1) is 0 Å². The summed E-state index contributed by atoms with van der Waals surface area (Å²) in [7, 11) is 2.15. The van der Waals surface area contributed by atoms with E-state index in [-0.39, 0.29) is 0 Å². The van der Waals surface area contributed by atoms with Gasteiger partial charge in [-0.05, 0) is 42.2 Å². The Bertz CT molecular complexity index is 826. The molecule has 2 aromatic carbocycles. The van der Waals surface area contributed by atoms with Crippen molar-refractivity contribution in [2.75, 3.05) is 23.8 Å². The van der Waals surface area contributed by atoms with Crippen LogP contribution in [0.4, 0.5) is 17.1 Å². The molecule has 0 aliphatic carbocycles. The van der Waals surface area contributed by atoms with Gasteiger partial charge in [-0.1, -0.05) is 24.3 Å². The highest BCUT2D eigenvalue weighted by Crippen LogP contribution is 2.36. The van der Waals surface area contributed by atoms with E-state index < -0.39 is 0 Å². The summed E-state index contributed by atoms with van der Waals surface area (Å²) in [4.78, 5) is 6.27. The van der Waals surface area contributed by atoms with Crippen molar-refractivity contribution in [2.45, 2.75) is 19.4 Å². The molecular weight excluding hydrogens is 298 g/mol. The van der Waals surface area contributed by atoms with Gasteiger partial charge in [0.1, 0.15) is 12.7 Å². The molecule has 3 aromatic rings. The van der Waals surface area contributed by atoms with Gasteiger partial charge in [-0.2, -0.15) is 5.10 Å². The molecule has 0 bridgehead atoms. The van der Waals surface area contributed by atoms with Crippen LogP contribution in [0.5, 0.6) is 0 Å². The minimum absolute atomic E-state index is 0.801. The number of nitrogens with zero attached hydrogens (tertiary/aromatic N) is 4. The molecule has 4 rings (SSSR count). The van der Waals surface area contributed by atoms with E-state index in [1.54, 1.807) is 12.7 Å². The zero-order valence-corrected chi connectivity index (χ0v) is 13.8. The van der Waals surface area contributed by atoms with E-state index in [2.05, 4.69) is 69.8 Å². The van der Waals surface area contributed by atoms with Crippen molar-refractivity contribution in [1.29, 1.82) is 0 Å². The Morgan fingerprint density at radius 2 is 1.88 bits per heavy atom. The molecule has 0 radical (unpaired) electrons. The van der Waals surface area contributed by atoms with E-state index in [0.717, 1.165) is 31.6 Å². The highest BCUT2D eigenvalue weighted by Gasteiger charge is 2.17. The molecule has 0 spiro atoms. The normalized spacial score (nSPS) is 13.1. The number of anilines is 3. The number of fused-ring (bicyclic) bond motifs is 2. The Balaban J connectivity index is 1.54. The van der Waals surface area contributed by atoms with Gasteiger partial charge >= 0.3 is 0 Å². The Kier molecular flexibility index (Phi) is 3.91. The zero-order chi connectivity index (χ0) is 16.4. The molecule has 0 saturated carbocycles. The summed E-state index contributed by atoms with van der Waals surface area (Å²) in [6, 6.07) is 15.3. The van der Waals surface area contributed by atoms with E-state index in [1.807, 2.05) is 4.68 Å². The van der Waals surface area contributed by atoms with Crippen LogP contribution in [0.2, 0.25) is 0 Å². The Morgan fingerprint density at radius 1 is 1.04 bits per heavy atom. The topological polar surface area (TPSA) is 46.0 Å². The molecule has 1 aromatic heterocycles. The number of aromatic nitrogens is 3. The molecule has 1 aliphatic heterocycles. The van der Waals surface area contributed by atoms with Crippen LogP contribution in [0.1, 0.15) is 11.1 Å². The first-order valence-electron chi connectivity index (χ1n) is 8.32. The molecular formula is C19H21N5. The number of rotatable bonds is 4. The number of nitrogens with one attached hydrogen (secondary N) is 1. The second-order valence-corrected chi connectivity index (χ2v) is 6.12. The largest absolute Gasteiger partial charge is 0.383 e. The van der Waals surface area contributed by atoms with Gasteiger partial charge in [0.2, 0.25) is 0 Å². The molecule has 1 N–H and O–H groups in total. The first-order chi connectivity index (χ1) is 11.8. The van der Waals surface area contributed by atoms with Gasteiger partial charge in [0.25, 0.3) is 0 Å². The van der Waals surface area contributed by atoms with Crippen LogP contribution in [0.15, 0.2) is 55.1 Å². The summed E-state index contributed by atoms with van der Waals surface area (Å²) in [6.07, 6.45) is 5.47. The average molecular weight is 319 g/mol. The Labute approximate surface area is 142 Å². The minimum atomic E-state index is 0.801. The van der Waals surface area contributed by atoms with Crippen LogP contribution in [0.3, 0.4) is 0 Å². The lowest BCUT2D eigenvalue weighted by Gasteiger charge is -2.22. The van der Waals surface area contributed by atoms with Gasteiger partial charge in [0.15, 0.2) is 0 Å². The lowest BCUT2D eigenvalue weighted by atomic mass is 10.0. The van der Waals surface area contributed by atoms with Crippen molar-refractivity contribution >= 4 is 17.1 Å². The lowest BCUT2D eigenvalue weighted by molar-refractivity contribution is 0.636. The third-order valence-electron chi connectivity index (χ3n) is 4.60. The summed E-state index contributed by atoms with van der Waals surface area (Å²) < 4.78 is 1.83. The number of para-hydroxylation sites is 1. The highest BCUT2D eigenvalue weighted by atomic mass is 15.3. The van der Waals surface area contributed by atoms with E-state index in [9.17, 15) is 0 Å². The second kappa shape index (κ2) is 6.35. The van der Waals surface area contributed by atoms with Gasteiger partial charge in [0.05, 0.1) is 6.54 Å². The smallest absolute Gasteiger partial charge is 0.137 e. The quantitative estimate of drug-likeness (QED) is 0.802. The van der Waals surface area contributed by atoms with E-state index in [1.165, 1.54) is 22.5 Å². The SMILES string of the molecule is CN1c2ccccc2CCc2ccc(NCCn3cncn3)cc21. The average Bonchev–Trinajstić information content (AvgIpc) is 3.09. The van der Waals surface area contributed by atoms with E-state index in [4.69, 9.17) is 0 Å². The number of hydrogen-bond donors (Lipinski definition) is 1. The maximum absolute atomic E-state index is 4.12. The van der Waals surface area contributed by atoms with Crippen LogP contribution in [0.25, 0.3) is 0 Å². The van der Waals surface area contributed by atoms with Crippen molar-refractivity contribution in [3.8, 4) is 0 Å². The molecule has 24 heavy (non-hydrogen) atoms. The summed E-state index contributed by atoms with van der Waals surface area (Å²) in [5.74, 6) is 0. The third kappa shape index (κ3) is 2.85. The molecule has 0 unspecified atom stereocenters. The number of benzene rings is 2. The van der Waals surface area contributed by atoms with E-state index >= 15 is 0 Å². The Morgan fingerprint density at radius 3 is 2.71 bits per heavy atom. The van der Waals surface area contributed by atoms with Gasteiger partial charge in [-0.3, -0.25) is 4.68 Å². The first-order valence-corrected chi connectivity index (χ1v) is 8.32. The maximum atomic E-state index is 4.12. The molecule has 122 valence electrons. The fourth-order valence-electron chi connectivity index (χ4n) is 3.31. The lowest BCUT2D eigenvalue weighted by Crippen LogP contribution is -2.13. The van der Waals surface area contributed by atoms with Gasteiger partial charge in [0, 0.05) is 30.7 Å². The monoisotopic (exact) mass is 319 g/mol. The van der Waals surface area contributed by atoms with Crippen LogP contribution in [-0.4, -0.2) is 28.4 Å². The molecule has 1 aliphatic rings. The van der Waals surface area contributed by atoms with Crippen LogP contribution >= 0.6 is 0 Å². The predicted molar refractivity (Wildman–Crippen MR) is 96.9 cm³/mol. The van der Waals surface area contributed by atoms with Crippen molar-refractivity contribution in [1.82, 2.24) is 14.8 Å². The summed E-state index contributed by atoms with van der Waals surface area (Å²) >= 11 is 0. The standard InChI is InChI=1S/C19H21N5/c1-23-18-5-3-2-4-15(18)6-7-16-8-9-17(12-19(16)23)21-10-11-24-14-20-13-22-24/h2-5,8-9,12-14,21H,6-7,10-11H2,1H3. The molecule has 5 heteroatoms. The second-order valence-electron chi connectivity index (χ2n) is 6.12.